The molecule has 0 aliphatic rings. The van der Waals surface area contributed by atoms with Crippen LogP contribution in [0.25, 0.3) is 0 Å². The van der Waals surface area contributed by atoms with Crippen molar-refractivity contribution in [3.05, 3.63) is 28.2 Å². The van der Waals surface area contributed by atoms with E-state index >= 15 is 0 Å². The van der Waals surface area contributed by atoms with Crippen molar-refractivity contribution in [3.8, 4) is 0 Å². The van der Waals surface area contributed by atoms with E-state index in [0.29, 0.717) is 5.69 Å². The monoisotopic (exact) mass is 341 g/mol. The summed E-state index contributed by atoms with van der Waals surface area (Å²) in [6, 6.07) is 5.47. The van der Waals surface area contributed by atoms with Crippen molar-refractivity contribution in [1.29, 1.82) is 0 Å². The van der Waals surface area contributed by atoms with Crippen LogP contribution >= 0.6 is 15.9 Å². The van der Waals surface area contributed by atoms with E-state index in [1.54, 1.807) is 6.07 Å². The van der Waals surface area contributed by atoms with Crippen LogP contribution in [0.1, 0.15) is 12.5 Å². The maximum absolute atomic E-state index is 11.7. The molecule has 0 bridgehead atoms. The van der Waals surface area contributed by atoms with E-state index in [2.05, 4.69) is 31.9 Å². The summed E-state index contributed by atoms with van der Waals surface area (Å²) < 4.78 is 0.927. The van der Waals surface area contributed by atoms with Crippen LogP contribution in [0.5, 0.6) is 0 Å². The first-order valence-electron chi connectivity index (χ1n) is 5.95. The van der Waals surface area contributed by atoms with Gasteiger partial charge in [0.25, 0.3) is 0 Å². The third kappa shape index (κ3) is 5.83. The lowest BCUT2D eigenvalue weighted by Crippen LogP contribution is -2.39. The second kappa shape index (κ2) is 7.64. The number of benzene rings is 1. The van der Waals surface area contributed by atoms with Crippen LogP contribution < -0.4 is 16.0 Å². The van der Waals surface area contributed by atoms with Crippen molar-refractivity contribution >= 4 is 39.3 Å². The molecule has 1 rings (SSSR count). The Bertz CT molecular complexity index is 532. The van der Waals surface area contributed by atoms with Gasteiger partial charge in [-0.05, 0) is 30.7 Å². The highest BCUT2D eigenvalue weighted by Crippen LogP contribution is 2.19. The first-order valence-corrected chi connectivity index (χ1v) is 6.75. The third-order valence-corrected chi connectivity index (χ3v) is 2.90. The van der Waals surface area contributed by atoms with E-state index in [0.717, 1.165) is 10.0 Å². The van der Waals surface area contributed by atoms with Gasteiger partial charge in [0.15, 0.2) is 0 Å². The molecule has 0 unspecified atom stereocenters. The van der Waals surface area contributed by atoms with Gasteiger partial charge in [-0.3, -0.25) is 14.4 Å². The predicted octanol–water partition coefficient (Wildman–Crippen LogP) is 0.948. The van der Waals surface area contributed by atoms with Gasteiger partial charge in [0.1, 0.15) is 0 Å². The Hall–Kier alpha value is -1.89. The first-order chi connectivity index (χ1) is 9.38. The molecule has 0 saturated heterocycles. The van der Waals surface area contributed by atoms with Crippen LogP contribution in [-0.4, -0.2) is 30.8 Å². The zero-order valence-electron chi connectivity index (χ0n) is 11.2. The molecule has 0 aliphatic carbocycles. The van der Waals surface area contributed by atoms with E-state index in [-0.39, 0.29) is 24.9 Å². The maximum atomic E-state index is 11.7. The fourth-order valence-electron chi connectivity index (χ4n) is 1.41. The van der Waals surface area contributed by atoms with Gasteiger partial charge in [0, 0.05) is 17.1 Å². The minimum Gasteiger partial charge on any atom is -0.347 e. The standard InChI is InChI=1S/C13H16BrN3O3/c1-8-5-10(14)3-4-11(8)17-13(20)7-16-12(19)6-15-9(2)18/h3-5H,6-7H2,1-2H3,(H,15,18)(H,16,19)(H,17,20). The van der Waals surface area contributed by atoms with Gasteiger partial charge >= 0.3 is 0 Å². The first kappa shape index (κ1) is 16.2. The lowest BCUT2D eigenvalue weighted by Gasteiger charge is -2.09. The summed E-state index contributed by atoms with van der Waals surface area (Å²) in [6.07, 6.45) is 0. The molecule has 3 N–H and O–H groups in total. The Balaban J connectivity index is 2.40. The van der Waals surface area contributed by atoms with E-state index in [1.807, 2.05) is 19.1 Å². The summed E-state index contributed by atoms with van der Waals surface area (Å²) in [5, 5.41) is 7.46. The summed E-state index contributed by atoms with van der Waals surface area (Å²) >= 11 is 3.34. The quantitative estimate of drug-likeness (QED) is 0.745. The van der Waals surface area contributed by atoms with Gasteiger partial charge < -0.3 is 16.0 Å². The number of hydrogen-bond donors (Lipinski definition) is 3. The van der Waals surface area contributed by atoms with Crippen molar-refractivity contribution in [3.63, 3.8) is 0 Å². The van der Waals surface area contributed by atoms with Crippen LogP contribution in [0, 0.1) is 6.92 Å². The normalized spacial score (nSPS) is 9.75. The van der Waals surface area contributed by atoms with Crippen LogP contribution in [0.4, 0.5) is 5.69 Å². The number of carbonyl (C=O) groups is 3. The van der Waals surface area contributed by atoms with Gasteiger partial charge in [-0.2, -0.15) is 0 Å². The molecular weight excluding hydrogens is 326 g/mol. The predicted molar refractivity (Wildman–Crippen MR) is 79.2 cm³/mol. The number of nitrogens with one attached hydrogen (secondary N) is 3. The Labute approximate surface area is 125 Å². The van der Waals surface area contributed by atoms with Crippen LogP contribution in [0.2, 0.25) is 0 Å². The molecule has 0 aliphatic heterocycles. The second-order valence-corrected chi connectivity index (χ2v) is 5.11. The molecule has 0 atom stereocenters. The largest absolute Gasteiger partial charge is 0.347 e. The average molecular weight is 342 g/mol. The fraction of sp³-hybridized carbons (Fsp3) is 0.308. The van der Waals surface area contributed by atoms with Gasteiger partial charge in [-0.15, -0.1) is 0 Å². The summed E-state index contributed by atoms with van der Waals surface area (Å²) in [6.45, 7) is 2.90. The Morgan fingerprint density at radius 1 is 1.10 bits per heavy atom. The number of amides is 3. The average Bonchev–Trinajstić information content (AvgIpc) is 2.37. The van der Waals surface area contributed by atoms with Crippen LogP contribution in [-0.2, 0) is 14.4 Å². The highest BCUT2D eigenvalue weighted by Gasteiger charge is 2.07. The molecule has 0 spiro atoms. The third-order valence-electron chi connectivity index (χ3n) is 2.41. The fourth-order valence-corrected chi connectivity index (χ4v) is 1.88. The molecule has 0 heterocycles. The molecule has 0 radical (unpaired) electrons. The number of hydrogen-bond acceptors (Lipinski definition) is 3. The smallest absolute Gasteiger partial charge is 0.243 e. The van der Waals surface area contributed by atoms with Gasteiger partial charge in [-0.1, -0.05) is 15.9 Å². The number of anilines is 1. The Morgan fingerprint density at radius 2 is 1.75 bits per heavy atom. The zero-order valence-corrected chi connectivity index (χ0v) is 12.8. The number of halogens is 1. The zero-order chi connectivity index (χ0) is 15.1. The van der Waals surface area contributed by atoms with Gasteiger partial charge in [0.05, 0.1) is 13.1 Å². The minimum absolute atomic E-state index is 0.139. The molecule has 6 nitrogen and oxygen atoms in total. The van der Waals surface area contributed by atoms with Crippen LogP contribution in [0.15, 0.2) is 22.7 Å². The maximum Gasteiger partial charge on any atom is 0.243 e. The lowest BCUT2D eigenvalue weighted by atomic mass is 10.2. The van der Waals surface area contributed by atoms with Crippen LogP contribution in [0.3, 0.4) is 0 Å². The Morgan fingerprint density at radius 3 is 2.35 bits per heavy atom. The van der Waals surface area contributed by atoms with Gasteiger partial charge in [-0.25, -0.2) is 0 Å². The molecule has 1 aromatic rings. The second-order valence-electron chi connectivity index (χ2n) is 4.19. The lowest BCUT2D eigenvalue weighted by molar-refractivity contribution is -0.126. The van der Waals surface area contributed by atoms with E-state index in [4.69, 9.17) is 0 Å². The van der Waals surface area contributed by atoms with Crippen molar-refractivity contribution < 1.29 is 14.4 Å². The summed E-state index contributed by atoms with van der Waals surface area (Å²) in [5.74, 6) is -1.04. The van der Waals surface area contributed by atoms with E-state index in [1.165, 1.54) is 6.92 Å². The topological polar surface area (TPSA) is 87.3 Å². The van der Waals surface area contributed by atoms with Gasteiger partial charge in [0.2, 0.25) is 17.7 Å². The molecule has 0 saturated carbocycles. The number of aryl methyl sites for hydroxylation is 1. The summed E-state index contributed by atoms with van der Waals surface area (Å²) in [4.78, 5) is 33.6. The molecular formula is C13H16BrN3O3. The molecule has 7 heteroatoms. The van der Waals surface area contributed by atoms with E-state index in [9.17, 15) is 14.4 Å². The van der Waals surface area contributed by atoms with Crippen molar-refractivity contribution in [2.24, 2.45) is 0 Å². The summed E-state index contributed by atoms with van der Waals surface area (Å²) in [7, 11) is 0. The SMILES string of the molecule is CC(=O)NCC(=O)NCC(=O)Nc1ccc(Br)cc1C. The highest BCUT2D eigenvalue weighted by molar-refractivity contribution is 9.10. The highest BCUT2D eigenvalue weighted by atomic mass is 79.9. The molecule has 1 aromatic carbocycles. The number of carbonyl (C=O) groups excluding carboxylic acids is 3. The molecule has 20 heavy (non-hydrogen) atoms. The molecule has 0 fully saturated rings. The minimum atomic E-state index is -0.414. The van der Waals surface area contributed by atoms with Crippen molar-refractivity contribution in [2.75, 3.05) is 18.4 Å². The molecule has 0 aromatic heterocycles. The Kier molecular flexibility index (Phi) is 6.17. The van der Waals surface area contributed by atoms with Crippen molar-refractivity contribution in [2.45, 2.75) is 13.8 Å². The number of rotatable bonds is 5. The summed E-state index contributed by atoms with van der Waals surface area (Å²) in [5.41, 5.74) is 1.60. The van der Waals surface area contributed by atoms with E-state index < -0.39 is 5.91 Å². The molecule has 108 valence electrons. The van der Waals surface area contributed by atoms with Crippen molar-refractivity contribution in [1.82, 2.24) is 10.6 Å². The molecule has 3 amide bonds.